The fraction of sp³-hybridized carbons (Fsp3) is 0.200. The van der Waals surface area contributed by atoms with Crippen LogP contribution >= 0.6 is 11.8 Å². The van der Waals surface area contributed by atoms with Crippen LogP contribution in [0.4, 0.5) is 0 Å². The Kier molecular flexibility index (Phi) is 4.32. The highest BCUT2D eigenvalue weighted by atomic mass is 32.2. The second kappa shape index (κ2) is 6.76. The number of fused-ring (bicyclic) bond motifs is 1. The van der Waals surface area contributed by atoms with Crippen LogP contribution in [0.25, 0.3) is 22.4 Å². The Morgan fingerprint density at radius 1 is 1.00 bits per heavy atom. The van der Waals surface area contributed by atoms with Gasteiger partial charge in [0.25, 0.3) is 0 Å². The zero-order valence-corrected chi connectivity index (χ0v) is 15.0. The van der Waals surface area contributed by atoms with Crippen molar-refractivity contribution in [3.05, 3.63) is 66.4 Å². The van der Waals surface area contributed by atoms with Crippen LogP contribution in [0, 0.1) is 0 Å². The molecule has 0 radical (unpaired) electrons. The summed E-state index contributed by atoms with van der Waals surface area (Å²) in [5, 5.41) is 12.2. The molecule has 0 N–H and O–H groups in total. The van der Waals surface area contributed by atoms with Gasteiger partial charge in [-0.25, -0.2) is 0 Å². The number of aromatic nitrogens is 3. The molecule has 0 fully saturated rings. The van der Waals surface area contributed by atoms with Crippen molar-refractivity contribution in [3.63, 3.8) is 0 Å². The molecule has 0 saturated heterocycles. The maximum Gasteiger partial charge on any atom is 0.200 e. The van der Waals surface area contributed by atoms with Gasteiger partial charge in [-0.05, 0) is 42.3 Å². The average Bonchev–Trinajstić information content (AvgIpc) is 3.29. The molecule has 0 aliphatic heterocycles. The van der Waals surface area contributed by atoms with Gasteiger partial charge < -0.3 is 4.42 Å². The van der Waals surface area contributed by atoms with Gasteiger partial charge in [-0.1, -0.05) is 54.2 Å². The molecule has 2 aromatic carbocycles. The molecule has 0 saturated carbocycles. The van der Waals surface area contributed by atoms with Crippen LogP contribution in [0.1, 0.15) is 25.5 Å². The largest absolute Gasteiger partial charge is 0.461 e. The molecule has 2 heterocycles. The van der Waals surface area contributed by atoms with E-state index in [9.17, 15) is 0 Å². The van der Waals surface area contributed by atoms with E-state index in [1.165, 1.54) is 16.3 Å². The summed E-state index contributed by atoms with van der Waals surface area (Å²) in [6, 6.07) is 19.0. The van der Waals surface area contributed by atoms with Crippen LogP contribution in [0.15, 0.2) is 70.4 Å². The van der Waals surface area contributed by atoms with Gasteiger partial charge in [0, 0.05) is 11.8 Å². The smallest absolute Gasteiger partial charge is 0.200 e. The Bertz CT molecular complexity index is 984. The van der Waals surface area contributed by atoms with E-state index in [-0.39, 0.29) is 6.04 Å². The van der Waals surface area contributed by atoms with Crippen molar-refractivity contribution in [1.82, 2.24) is 14.8 Å². The van der Waals surface area contributed by atoms with Gasteiger partial charge in [-0.3, -0.25) is 4.57 Å². The lowest BCUT2D eigenvalue weighted by Gasteiger charge is -2.13. The highest BCUT2D eigenvalue weighted by Crippen LogP contribution is 2.31. The van der Waals surface area contributed by atoms with Crippen LogP contribution in [0.5, 0.6) is 0 Å². The van der Waals surface area contributed by atoms with Gasteiger partial charge in [0.2, 0.25) is 5.82 Å². The molecule has 4 rings (SSSR count). The zero-order chi connectivity index (χ0) is 17.2. The van der Waals surface area contributed by atoms with Crippen molar-refractivity contribution in [3.8, 4) is 11.6 Å². The number of nitrogens with zero attached hydrogens (tertiary/aromatic N) is 3. The summed E-state index contributed by atoms with van der Waals surface area (Å²) in [4.78, 5) is 0. The fourth-order valence-corrected chi connectivity index (χ4v) is 4.05. The summed E-state index contributed by atoms with van der Waals surface area (Å²) < 4.78 is 7.65. The first-order valence-corrected chi connectivity index (χ1v) is 9.31. The minimum absolute atomic E-state index is 0.255. The Morgan fingerprint density at radius 2 is 1.84 bits per heavy atom. The Hall–Kier alpha value is -2.53. The first-order valence-electron chi connectivity index (χ1n) is 8.32. The lowest BCUT2D eigenvalue weighted by Crippen LogP contribution is -2.04. The minimum atomic E-state index is 0.255. The monoisotopic (exact) mass is 349 g/mol. The molecule has 0 amide bonds. The molecule has 2 aromatic heterocycles. The lowest BCUT2D eigenvalue weighted by molar-refractivity contribution is 0.529. The number of hydrogen-bond acceptors (Lipinski definition) is 4. The molecule has 5 heteroatoms. The van der Waals surface area contributed by atoms with E-state index in [0.717, 1.165) is 22.5 Å². The van der Waals surface area contributed by atoms with E-state index < -0.39 is 0 Å². The van der Waals surface area contributed by atoms with E-state index in [1.54, 1.807) is 18.0 Å². The summed E-state index contributed by atoms with van der Waals surface area (Å²) in [5.41, 5.74) is 1.31. The van der Waals surface area contributed by atoms with Crippen molar-refractivity contribution >= 4 is 22.5 Å². The summed E-state index contributed by atoms with van der Waals surface area (Å²) in [5.74, 6) is 2.38. The molecule has 0 aliphatic rings. The van der Waals surface area contributed by atoms with E-state index in [1.807, 2.05) is 12.1 Å². The van der Waals surface area contributed by atoms with Gasteiger partial charge in [0.15, 0.2) is 10.9 Å². The zero-order valence-electron chi connectivity index (χ0n) is 14.2. The Balaban J connectivity index is 1.65. The molecular formula is C20H19N3OS. The third kappa shape index (κ3) is 3.07. The van der Waals surface area contributed by atoms with E-state index in [4.69, 9.17) is 4.42 Å². The topological polar surface area (TPSA) is 43.9 Å². The van der Waals surface area contributed by atoms with Crippen molar-refractivity contribution in [2.24, 2.45) is 0 Å². The minimum Gasteiger partial charge on any atom is -0.461 e. The predicted octanol–water partition coefficient (Wildman–Crippen LogP) is 5.56. The van der Waals surface area contributed by atoms with E-state index in [0.29, 0.717) is 0 Å². The van der Waals surface area contributed by atoms with Crippen molar-refractivity contribution in [2.45, 2.75) is 30.8 Å². The molecule has 25 heavy (non-hydrogen) atoms. The molecule has 0 aliphatic carbocycles. The highest BCUT2D eigenvalue weighted by molar-refractivity contribution is 7.98. The van der Waals surface area contributed by atoms with Crippen molar-refractivity contribution < 1.29 is 4.42 Å². The molecule has 126 valence electrons. The number of thioether (sulfide) groups is 1. The molecule has 0 unspecified atom stereocenters. The summed E-state index contributed by atoms with van der Waals surface area (Å²) in [7, 11) is 0. The predicted molar refractivity (Wildman–Crippen MR) is 102 cm³/mol. The van der Waals surface area contributed by atoms with Crippen LogP contribution in [0.2, 0.25) is 0 Å². The number of rotatable bonds is 5. The SMILES string of the molecule is CC(C)n1c(SCc2cccc3ccccc23)nnc1-c1ccco1. The second-order valence-corrected chi connectivity index (χ2v) is 7.12. The Morgan fingerprint density at radius 3 is 2.64 bits per heavy atom. The summed E-state index contributed by atoms with van der Waals surface area (Å²) in [6.07, 6.45) is 1.66. The molecular weight excluding hydrogens is 330 g/mol. The van der Waals surface area contributed by atoms with Crippen LogP contribution in [-0.2, 0) is 5.75 Å². The highest BCUT2D eigenvalue weighted by Gasteiger charge is 2.18. The third-order valence-electron chi connectivity index (χ3n) is 4.16. The molecule has 4 aromatic rings. The van der Waals surface area contributed by atoms with Crippen LogP contribution in [0.3, 0.4) is 0 Å². The number of hydrogen-bond donors (Lipinski definition) is 0. The van der Waals surface area contributed by atoms with Gasteiger partial charge in [0.1, 0.15) is 0 Å². The molecule has 0 bridgehead atoms. The first kappa shape index (κ1) is 16.0. The number of benzene rings is 2. The number of furan rings is 1. The van der Waals surface area contributed by atoms with Crippen LogP contribution in [-0.4, -0.2) is 14.8 Å². The van der Waals surface area contributed by atoms with Gasteiger partial charge >= 0.3 is 0 Å². The normalized spacial score (nSPS) is 11.5. The standard InChI is InChI=1S/C20H19N3OS/c1-14(2)23-19(18-11-6-12-24-18)21-22-20(23)25-13-16-9-5-8-15-7-3-4-10-17(15)16/h3-12,14H,13H2,1-2H3. The molecule has 0 atom stereocenters. The maximum atomic E-state index is 5.51. The first-order chi connectivity index (χ1) is 12.2. The molecule has 0 spiro atoms. The quantitative estimate of drug-likeness (QED) is 0.442. The fourth-order valence-electron chi connectivity index (χ4n) is 2.98. The molecule has 4 nitrogen and oxygen atoms in total. The average molecular weight is 349 g/mol. The maximum absolute atomic E-state index is 5.51. The summed E-state index contributed by atoms with van der Waals surface area (Å²) in [6.45, 7) is 4.27. The van der Waals surface area contributed by atoms with Gasteiger partial charge in [-0.15, -0.1) is 10.2 Å². The lowest BCUT2D eigenvalue weighted by atomic mass is 10.1. The van der Waals surface area contributed by atoms with E-state index in [2.05, 4.69) is 71.1 Å². The second-order valence-electron chi connectivity index (χ2n) is 6.17. The summed E-state index contributed by atoms with van der Waals surface area (Å²) >= 11 is 1.71. The van der Waals surface area contributed by atoms with E-state index >= 15 is 0 Å². The Labute approximate surface area is 150 Å². The van der Waals surface area contributed by atoms with Crippen LogP contribution < -0.4 is 0 Å². The van der Waals surface area contributed by atoms with Gasteiger partial charge in [-0.2, -0.15) is 0 Å². The van der Waals surface area contributed by atoms with Crippen molar-refractivity contribution in [1.29, 1.82) is 0 Å². The van der Waals surface area contributed by atoms with Crippen molar-refractivity contribution in [2.75, 3.05) is 0 Å². The third-order valence-corrected chi connectivity index (χ3v) is 5.15. The van der Waals surface area contributed by atoms with Gasteiger partial charge in [0.05, 0.1) is 6.26 Å².